The first-order valence-corrected chi connectivity index (χ1v) is 11.9. The number of halogens is 2. The van der Waals surface area contributed by atoms with Crippen LogP contribution < -0.4 is 5.32 Å². The van der Waals surface area contributed by atoms with Crippen LogP contribution in [0.1, 0.15) is 29.3 Å². The summed E-state index contributed by atoms with van der Waals surface area (Å²) in [5.74, 6) is -1.56. The van der Waals surface area contributed by atoms with Gasteiger partial charge in [0.05, 0.1) is 15.6 Å². The molecule has 1 aliphatic rings. The number of amides is 3. The van der Waals surface area contributed by atoms with Crippen molar-refractivity contribution in [2.45, 2.75) is 30.8 Å². The number of hydrogen-bond acceptors (Lipinski definition) is 5. The van der Waals surface area contributed by atoms with E-state index in [4.69, 9.17) is 23.2 Å². The Kier molecular flexibility index (Phi) is 7.12. The molecule has 0 aliphatic carbocycles. The second-order valence-electron chi connectivity index (χ2n) is 7.19. The summed E-state index contributed by atoms with van der Waals surface area (Å²) in [5.41, 5.74) is 0.715. The normalized spacial score (nSPS) is 15.2. The van der Waals surface area contributed by atoms with Crippen molar-refractivity contribution in [3.63, 3.8) is 0 Å². The molecule has 0 aromatic heterocycles. The molecule has 32 heavy (non-hydrogen) atoms. The molecule has 0 bridgehead atoms. The topological polar surface area (TPSA) is 104 Å². The number of rotatable bonds is 7. The number of likely N-dealkylation sites (N-methyl/N-ethyl adjacent to an activating group) is 1. The second-order valence-corrected chi connectivity index (χ2v) is 9.83. The molecule has 2 aromatic carbocycles. The standard InChI is InChI=1S/C21H21Cl2N3O5S/c1-13(20(28)24-2)25(12-14-7-8-16(22)17(23)11-14)19(27)9-10-26-21(29)15-5-3-4-6-18(15)32(26,30)31/h3-8,11,13H,9-10,12H2,1-2H3,(H,24,28)/t13-/m0/s1. The molecule has 3 amide bonds. The zero-order chi connectivity index (χ0) is 23.6. The van der Waals surface area contributed by atoms with E-state index in [2.05, 4.69) is 5.32 Å². The number of nitrogens with zero attached hydrogens (tertiary/aromatic N) is 2. The van der Waals surface area contributed by atoms with E-state index in [1.165, 1.54) is 30.1 Å². The molecule has 0 saturated carbocycles. The van der Waals surface area contributed by atoms with Crippen LogP contribution >= 0.6 is 23.2 Å². The van der Waals surface area contributed by atoms with Crippen LogP contribution in [0.25, 0.3) is 0 Å². The van der Waals surface area contributed by atoms with E-state index in [-0.39, 0.29) is 30.0 Å². The van der Waals surface area contributed by atoms with Crippen LogP contribution in [0.3, 0.4) is 0 Å². The molecule has 1 aliphatic heterocycles. The summed E-state index contributed by atoms with van der Waals surface area (Å²) in [6.07, 6.45) is -0.290. The predicted octanol–water partition coefficient (Wildman–Crippen LogP) is 2.69. The third-order valence-corrected chi connectivity index (χ3v) is 7.77. The summed E-state index contributed by atoms with van der Waals surface area (Å²) in [4.78, 5) is 39.1. The van der Waals surface area contributed by atoms with E-state index in [1.807, 2.05) is 0 Å². The van der Waals surface area contributed by atoms with Gasteiger partial charge in [0.25, 0.3) is 15.9 Å². The largest absolute Gasteiger partial charge is 0.357 e. The lowest BCUT2D eigenvalue weighted by Gasteiger charge is -2.29. The quantitative estimate of drug-likeness (QED) is 0.633. The van der Waals surface area contributed by atoms with E-state index < -0.39 is 33.8 Å². The predicted molar refractivity (Wildman–Crippen MR) is 120 cm³/mol. The molecule has 3 rings (SSSR count). The van der Waals surface area contributed by atoms with Crippen LogP contribution in [0.15, 0.2) is 47.4 Å². The number of fused-ring (bicyclic) bond motifs is 1. The molecule has 0 radical (unpaired) electrons. The number of carbonyl (C=O) groups is 3. The molecule has 1 heterocycles. The van der Waals surface area contributed by atoms with E-state index in [0.29, 0.717) is 19.9 Å². The van der Waals surface area contributed by atoms with Crippen molar-refractivity contribution in [1.82, 2.24) is 14.5 Å². The zero-order valence-electron chi connectivity index (χ0n) is 17.3. The van der Waals surface area contributed by atoms with Crippen LogP contribution in [-0.4, -0.2) is 55.0 Å². The van der Waals surface area contributed by atoms with Gasteiger partial charge in [-0.25, -0.2) is 12.7 Å². The van der Waals surface area contributed by atoms with Gasteiger partial charge in [0, 0.05) is 26.6 Å². The van der Waals surface area contributed by atoms with Crippen molar-refractivity contribution in [3.8, 4) is 0 Å². The van der Waals surface area contributed by atoms with Crippen LogP contribution in [0.4, 0.5) is 0 Å². The van der Waals surface area contributed by atoms with Gasteiger partial charge in [0.15, 0.2) is 0 Å². The maximum absolute atomic E-state index is 13.1. The molecule has 170 valence electrons. The van der Waals surface area contributed by atoms with Crippen LogP contribution in [0.2, 0.25) is 10.0 Å². The van der Waals surface area contributed by atoms with Gasteiger partial charge in [-0.1, -0.05) is 41.4 Å². The van der Waals surface area contributed by atoms with Gasteiger partial charge in [0.1, 0.15) is 10.9 Å². The van der Waals surface area contributed by atoms with Gasteiger partial charge in [-0.2, -0.15) is 0 Å². The summed E-state index contributed by atoms with van der Waals surface area (Å²) >= 11 is 12.0. The number of hydrogen-bond donors (Lipinski definition) is 1. The molecule has 2 aromatic rings. The van der Waals surface area contributed by atoms with E-state index in [9.17, 15) is 22.8 Å². The summed E-state index contributed by atoms with van der Waals surface area (Å²) in [6, 6.07) is 9.90. The van der Waals surface area contributed by atoms with Gasteiger partial charge in [-0.15, -0.1) is 0 Å². The Morgan fingerprint density at radius 1 is 1.12 bits per heavy atom. The SMILES string of the molecule is CNC(=O)[C@H](C)N(Cc1ccc(Cl)c(Cl)c1)C(=O)CCN1C(=O)c2ccccc2S1(=O)=O. The van der Waals surface area contributed by atoms with Crippen LogP contribution in [0.5, 0.6) is 0 Å². The van der Waals surface area contributed by atoms with Gasteiger partial charge < -0.3 is 10.2 Å². The fourth-order valence-corrected chi connectivity index (χ4v) is 5.31. The highest BCUT2D eigenvalue weighted by Crippen LogP contribution is 2.30. The van der Waals surface area contributed by atoms with E-state index in [1.54, 1.807) is 31.2 Å². The summed E-state index contributed by atoms with van der Waals surface area (Å²) in [5, 5.41) is 3.15. The minimum atomic E-state index is -4.03. The minimum Gasteiger partial charge on any atom is -0.357 e. The number of carbonyl (C=O) groups excluding carboxylic acids is 3. The summed E-state index contributed by atoms with van der Waals surface area (Å²) in [7, 11) is -2.57. The lowest BCUT2D eigenvalue weighted by Crippen LogP contribution is -2.47. The summed E-state index contributed by atoms with van der Waals surface area (Å²) in [6.45, 7) is 1.26. The van der Waals surface area contributed by atoms with E-state index in [0.717, 1.165) is 0 Å². The number of benzene rings is 2. The highest BCUT2D eigenvalue weighted by Gasteiger charge is 2.41. The molecular formula is C21H21Cl2N3O5S. The van der Waals surface area contributed by atoms with Gasteiger partial charge in [0.2, 0.25) is 11.8 Å². The van der Waals surface area contributed by atoms with Crippen molar-refractivity contribution >= 4 is 50.9 Å². The average molecular weight is 498 g/mol. The lowest BCUT2D eigenvalue weighted by molar-refractivity contribution is -0.140. The Morgan fingerprint density at radius 2 is 1.81 bits per heavy atom. The molecular weight excluding hydrogens is 477 g/mol. The Labute approximate surface area is 196 Å². The molecule has 1 atom stereocenters. The first-order valence-electron chi connectivity index (χ1n) is 9.69. The highest BCUT2D eigenvalue weighted by atomic mass is 35.5. The Hall–Kier alpha value is -2.62. The Bertz CT molecular complexity index is 1190. The van der Waals surface area contributed by atoms with Gasteiger partial charge in [-0.3, -0.25) is 14.4 Å². The molecule has 0 saturated heterocycles. The Morgan fingerprint density at radius 3 is 2.44 bits per heavy atom. The fourth-order valence-electron chi connectivity index (χ4n) is 3.42. The van der Waals surface area contributed by atoms with Crippen molar-refractivity contribution in [3.05, 3.63) is 63.6 Å². The molecule has 0 fully saturated rings. The molecule has 1 N–H and O–H groups in total. The number of sulfonamides is 1. The molecule has 8 nitrogen and oxygen atoms in total. The van der Waals surface area contributed by atoms with E-state index >= 15 is 0 Å². The first kappa shape index (κ1) is 24.0. The van der Waals surface area contributed by atoms with Crippen LogP contribution in [-0.2, 0) is 26.2 Å². The first-order chi connectivity index (χ1) is 15.1. The van der Waals surface area contributed by atoms with Gasteiger partial charge >= 0.3 is 0 Å². The smallest absolute Gasteiger partial charge is 0.269 e. The number of nitrogens with one attached hydrogen (secondary N) is 1. The minimum absolute atomic E-state index is 0.0469. The molecule has 11 heteroatoms. The van der Waals surface area contributed by atoms with Crippen molar-refractivity contribution in [1.29, 1.82) is 0 Å². The van der Waals surface area contributed by atoms with Crippen molar-refractivity contribution in [2.24, 2.45) is 0 Å². The molecule has 0 unspecified atom stereocenters. The summed E-state index contributed by atoms with van der Waals surface area (Å²) < 4.78 is 26.1. The highest BCUT2D eigenvalue weighted by molar-refractivity contribution is 7.90. The maximum Gasteiger partial charge on any atom is 0.269 e. The third kappa shape index (κ3) is 4.60. The maximum atomic E-state index is 13.1. The lowest BCUT2D eigenvalue weighted by atomic mass is 10.1. The Balaban J connectivity index is 1.80. The monoisotopic (exact) mass is 497 g/mol. The van der Waals surface area contributed by atoms with Crippen molar-refractivity contribution < 1.29 is 22.8 Å². The van der Waals surface area contributed by atoms with Gasteiger partial charge in [-0.05, 0) is 36.8 Å². The average Bonchev–Trinajstić information content (AvgIpc) is 2.97. The second kappa shape index (κ2) is 9.48. The van der Waals surface area contributed by atoms with Crippen molar-refractivity contribution in [2.75, 3.05) is 13.6 Å². The third-order valence-electron chi connectivity index (χ3n) is 5.19. The fraction of sp³-hybridized carbons (Fsp3) is 0.286. The molecule has 0 spiro atoms. The zero-order valence-corrected chi connectivity index (χ0v) is 19.7. The van der Waals surface area contributed by atoms with Crippen LogP contribution in [0, 0.1) is 0 Å².